The minimum absolute atomic E-state index is 0.00899. The Morgan fingerprint density at radius 3 is 2.57 bits per heavy atom. The molecule has 1 aromatic carbocycles. The van der Waals surface area contributed by atoms with E-state index in [9.17, 15) is 26.8 Å². The van der Waals surface area contributed by atoms with Gasteiger partial charge in [-0.15, -0.1) is 0 Å². The molecule has 1 saturated heterocycles. The van der Waals surface area contributed by atoms with E-state index in [1.807, 2.05) is 0 Å². The molecule has 0 saturated carbocycles. The van der Waals surface area contributed by atoms with Crippen molar-refractivity contribution in [2.75, 3.05) is 19.7 Å². The molecule has 1 fully saturated rings. The van der Waals surface area contributed by atoms with Crippen LogP contribution in [0.2, 0.25) is 0 Å². The van der Waals surface area contributed by atoms with Crippen molar-refractivity contribution in [3.63, 3.8) is 0 Å². The van der Waals surface area contributed by atoms with E-state index in [0.29, 0.717) is 12.1 Å². The van der Waals surface area contributed by atoms with Crippen LogP contribution in [0, 0.1) is 11.6 Å². The van der Waals surface area contributed by atoms with Crippen molar-refractivity contribution >= 4 is 21.8 Å². The van der Waals surface area contributed by atoms with Gasteiger partial charge in [0.2, 0.25) is 10.0 Å². The molecule has 2 amide bonds. The summed E-state index contributed by atoms with van der Waals surface area (Å²) in [5, 5.41) is 4.69. The summed E-state index contributed by atoms with van der Waals surface area (Å²) in [6.07, 6.45) is 1.90. The third kappa shape index (κ3) is 4.96. The summed E-state index contributed by atoms with van der Waals surface area (Å²) in [4.78, 5) is 26.9. The van der Waals surface area contributed by atoms with Crippen molar-refractivity contribution in [2.24, 2.45) is 0 Å². The standard InChI is InChI=1S/C18H18F2N4O5S/c19-13-1-2-14(20)15(9-13)30(27,28)24-7-8-29-16(24)11-23-18(26)17(25)22-10-12-3-5-21-6-4-12/h1-6,9,16H,7-8,10-11H2,(H,22,25)(H,23,26)/t16-/m0/s1. The Bertz CT molecular complexity index is 1040. The second-order valence-electron chi connectivity index (χ2n) is 6.26. The molecule has 1 atom stereocenters. The molecule has 12 heteroatoms. The number of hydrogen-bond donors (Lipinski definition) is 2. The van der Waals surface area contributed by atoms with Crippen LogP contribution in [0.25, 0.3) is 0 Å². The second kappa shape index (κ2) is 9.24. The topological polar surface area (TPSA) is 118 Å². The molecule has 30 heavy (non-hydrogen) atoms. The molecule has 2 aromatic rings. The van der Waals surface area contributed by atoms with E-state index in [1.165, 1.54) is 12.4 Å². The zero-order chi connectivity index (χ0) is 21.7. The summed E-state index contributed by atoms with van der Waals surface area (Å²) >= 11 is 0. The maximum absolute atomic E-state index is 14.0. The first kappa shape index (κ1) is 21.7. The molecule has 0 aliphatic carbocycles. The Labute approximate surface area is 171 Å². The number of benzene rings is 1. The van der Waals surface area contributed by atoms with Crippen molar-refractivity contribution in [1.29, 1.82) is 0 Å². The average Bonchev–Trinajstić information content (AvgIpc) is 3.22. The van der Waals surface area contributed by atoms with Crippen LogP contribution in [-0.4, -0.2) is 55.4 Å². The normalized spacial score (nSPS) is 16.9. The van der Waals surface area contributed by atoms with Gasteiger partial charge in [0, 0.05) is 25.5 Å². The molecule has 0 bridgehead atoms. The Morgan fingerprint density at radius 1 is 1.13 bits per heavy atom. The van der Waals surface area contributed by atoms with Gasteiger partial charge in [-0.05, 0) is 35.9 Å². The minimum atomic E-state index is -4.42. The molecule has 1 aliphatic rings. The molecule has 0 unspecified atom stereocenters. The first-order chi connectivity index (χ1) is 14.3. The Balaban J connectivity index is 1.60. The van der Waals surface area contributed by atoms with Crippen molar-refractivity contribution in [3.8, 4) is 0 Å². The molecule has 2 N–H and O–H groups in total. The quantitative estimate of drug-likeness (QED) is 0.617. The zero-order valence-corrected chi connectivity index (χ0v) is 16.4. The predicted molar refractivity (Wildman–Crippen MR) is 99.1 cm³/mol. The maximum atomic E-state index is 14.0. The van der Waals surface area contributed by atoms with Gasteiger partial charge >= 0.3 is 11.8 Å². The third-order valence-corrected chi connectivity index (χ3v) is 6.17. The number of nitrogens with zero attached hydrogens (tertiary/aromatic N) is 2. The number of carbonyl (C=O) groups excluding carboxylic acids is 2. The average molecular weight is 440 g/mol. The first-order valence-corrected chi connectivity index (χ1v) is 10.3. The number of ether oxygens (including phenoxy) is 1. The number of carbonyl (C=O) groups is 2. The molecule has 0 radical (unpaired) electrons. The maximum Gasteiger partial charge on any atom is 0.309 e. The van der Waals surface area contributed by atoms with Crippen molar-refractivity contribution in [2.45, 2.75) is 17.7 Å². The van der Waals surface area contributed by atoms with Gasteiger partial charge in [0.25, 0.3) is 0 Å². The van der Waals surface area contributed by atoms with E-state index in [4.69, 9.17) is 4.74 Å². The van der Waals surface area contributed by atoms with E-state index < -0.39 is 44.6 Å². The summed E-state index contributed by atoms with van der Waals surface area (Å²) in [5.41, 5.74) is 0.736. The van der Waals surface area contributed by atoms with Gasteiger partial charge in [-0.25, -0.2) is 17.2 Å². The van der Waals surface area contributed by atoms with E-state index in [1.54, 1.807) is 12.1 Å². The van der Waals surface area contributed by atoms with Gasteiger partial charge in [0.05, 0.1) is 13.2 Å². The van der Waals surface area contributed by atoms with Gasteiger partial charge in [-0.3, -0.25) is 14.6 Å². The van der Waals surface area contributed by atoms with E-state index in [0.717, 1.165) is 15.9 Å². The summed E-state index contributed by atoms with van der Waals surface area (Å²) in [7, 11) is -4.42. The zero-order valence-electron chi connectivity index (χ0n) is 15.5. The summed E-state index contributed by atoms with van der Waals surface area (Å²) in [6.45, 7) is -0.371. The van der Waals surface area contributed by atoms with Gasteiger partial charge in [0.15, 0.2) is 0 Å². The highest BCUT2D eigenvalue weighted by Crippen LogP contribution is 2.24. The number of rotatable bonds is 6. The van der Waals surface area contributed by atoms with Gasteiger partial charge in [0.1, 0.15) is 22.8 Å². The number of nitrogens with one attached hydrogen (secondary N) is 2. The van der Waals surface area contributed by atoms with Crippen LogP contribution in [0.5, 0.6) is 0 Å². The Kier molecular flexibility index (Phi) is 6.70. The molecular weight excluding hydrogens is 422 g/mol. The monoisotopic (exact) mass is 440 g/mol. The number of pyridine rings is 1. The summed E-state index contributed by atoms with van der Waals surface area (Å²) in [5.74, 6) is -3.93. The van der Waals surface area contributed by atoms with E-state index in [2.05, 4.69) is 15.6 Å². The fourth-order valence-electron chi connectivity index (χ4n) is 2.77. The van der Waals surface area contributed by atoms with Crippen molar-refractivity contribution in [1.82, 2.24) is 19.9 Å². The lowest BCUT2D eigenvalue weighted by atomic mass is 10.3. The van der Waals surface area contributed by atoms with Crippen molar-refractivity contribution in [3.05, 3.63) is 59.9 Å². The first-order valence-electron chi connectivity index (χ1n) is 8.82. The smallest absolute Gasteiger partial charge is 0.309 e. The largest absolute Gasteiger partial charge is 0.359 e. The highest BCUT2D eigenvalue weighted by atomic mass is 32.2. The fraction of sp³-hybridized carbons (Fsp3) is 0.278. The van der Waals surface area contributed by atoms with Gasteiger partial charge in [-0.2, -0.15) is 4.31 Å². The van der Waals surface area contributed by atoms with Gasteiger partial charge < -0.3 is 15.4 Å². The fourth-order valence-corrected chi connectivity index (χ4v) is 4.35. The molecule has 2 heterocycles. The lowest BCUT2D eigenvalue weighted by Crippen LogP contribution is -2.47. The molecule has 1 aliphatic heterocycles. The van der Waals surface area contributed by atoms with Crippen LogP contribution in [0.3, 0.4) is 0 Å². The molecule has 1 aromatic heterocycles. The molecule has 9 nitrogen and oxygen atoms in total. The van der Waals surface area contributed by atoms with E-state index >= 15 is 0 Å². The second-order valence-corrected chi connectivity index (χ2v) is 8.12. The summed E-state index contributed by atoms with van der Waals surface area (Å²) in [6, 6.07) is 5.42. The molecular formula is C18H18F2N4O5S. The van der Waals surface area contributed by atoms with Gasteiger partial charge in [-0.1, -0.05) is 0 Å². The number of amides is 2. The highest BCUT2D eigenvalue weighted by Gasteiger charge is 2.38. The lowest BCUT2D eigenvalue weighted by Gasteiger charge is -2.23. The number of sulfonamides is 1. The van der Waals surface area contributed by atoms with Crippen LogP contribution in [0.1, 0.15) is 5.56 Å². The van der Waals surface area contributed by atoms with E-state index in [-0.39, 0.29) is 26.2 Å². The molecule has 0 spiro atoms. The molecule has 3 rings (SSSR count). The third-order valence-electron chi connectivity index (χ3n) is 4.27. The highest BCUT2D eigenvalue weighted by molar-refractivity contribution is 7.89. The van der Waals surface area contributed by atoms with Crippen LogP contribution in [-0.2, 0) is 30.9 Å². The number of hydrogen-bond acceptors (Lipinski definition) is 6. The van der Waals surface area contributed by atoms with Crippen molar-refractivity contribution < 1.29 is 31.5 Å². The van der Waals surface area contributed by atoms with Crippen LogP contribution >= 0.6 is 0 Å². The van der Waals surface area contributed by atoms with Crippen LogP contribution in [0.4, 0.5) is 8.78 Å². The SMILES string of the molecule is O=C(NCc1ccncc1)C(=O)NC[C@@H]1OCCN1S(=O)(=O)c1cc(F)ccc1F. The summed E-state index contributed by atoms with van der Waals surface area (Å²) < 4.78 is 58.8. The minimum Gasteiger partial charge on any atom is -0.359 e. The predicted octanol–water partition coefficient (Wildman–Crippen LogP) is 0.139. The lowest BCUT2D eigenvalue weighted by molar-refractivity contribution is -0.139. The number of halogens is 2. The Morgan fingerprint density at radius 2 is 1.83 bits per heavy atom. The molecule has 160 valence electrons. The Hall–Kier alpha value is -2.96. The van der Waals surface area contributed by atoms with Crippen LogP contribution in [0.15, 0.2) is 47.6 Å². The number of aromatic nitrogens is 1. The van der Waals surface area contributed by atoms with Crippen LogP contribution < -0.4 is 10.6 Å².